The van der Waals surface area contributed by atoms with E-state index in [0.29, 0.717) is 25.2 Å². The Balaban J connectivity index is 0.00000961. The van der Waals surface area contributed by atoms with E-state index in [1.165, 1.54) is 57.4 Å². The molecule has 0 unspecified atom stereocenters. The number of rotatable bonds is 18. The summed E-state index contributed by atoms with van der Waals surface area (Å²) in [7, 11) is 0. The zero-order valence-corrected chi connectivity index (χ0v) is 24.4. The van der Waals surface area contributed by atoms with Gasteiger partial charge in [0.1, 0.15) is 0 Å². The molecule has 0 aromatic heterocycles. The van der Waals surface area contributed by atoms with Crippen molar-refractivity contribution in [3.63, 3.8) is 0 Å². The Hall–Kier alpha value is -1.30. The van der Waals surface area contributed by atoms with Gasteiger partial charge in [-0.05, 0) is 18.4 Å². The Morgan fingerprint density at radius 3 is 1.78 bits per heavy atom. The molecule has 180 valence electrons. The van der Waals surface area contributed by atoms with Crippen molar-refractivity contribution in [2.24, 2.45) is 0 Å². The third-order valence-corrected chi connectivity index (χ3v) is 5.26. The summed E-state index contributed by atoms with van der Waals surface area (Å²) in [6, 6.07) is 9.66. The Morgan fingerprint density at radius 2 is 1.22 bits per heavy atom. The summed E-state index contributed by atoms with van der Waals surface area (Å²) in [5.41, 5.74) is 1.32. The fraction of sp³-hybridized carbons (Fsp3) is 0.630. The SMILES string of the molecule is CCCCCCCCOC(=O)/C=C(/Cc1ccccc1)C(=O)OCCCCCCCC.[SnH2]. The Bertz CT molecular complexity index is 628. The van der Waals surface area contributed by atoms with E-state index in [1.807, 2.05) is 30.3 Å². The van der Waals surface area contributed by atoms with Crippen molar-refractivity contribution >= 4 is 35.8 Å². The molecule has 5 heteroatoms. The molecule has 0 aliphatic carbocycles. The Morgan fingerprint density at radius 1 is 0.719 bits per heavy atom. The van der Waals surface area contributed by atoms with E-state index in [4.69, 9.17) is 9.47 Å². The summed E-state index contributed by atoms with van der Waals surface area (Å²) < 4.78 is 10.8. The Labute approximate surface area is 212 Å². The van der Waals surface area contributed by atoms with Crippen LogP contribution in [0.4, 0.5) is 0 Å². The van der Waals surface area contributed by atoms with Gasteiger partial charge in [0.2, 0.25) is 0 Å². The summed E-state index contributed by atoms with van der Waals surface area (Å²) in [6.07, 6.45) is 15.3. The fourth-order valence-corrected chi connectivity index (χ4v) is 3.38. The molecular weight excluding hydrogens is 507 g/mol. The molecule has 0 fully saturated rings. The Kier molecular flexibility index (Phi) is 20.7. The van der Waals surface area contributed by atoms with Crippen LogP contribution in [0.15, 0.2) is 42.0 Å². The van der Waals surface area contributed by atoms with Crippen molar-refractivity contribution in [3.8, 4) is 0 Å². The van der Waals surface area contributed by atoms with Gasteiger partial charge < -0.3 is 9.47 Å². The van der Waals surface area contributed by atoms with E-state index < -0.39 is 11.9 Å². The predicted octanol–water partition coefficient (Wildman–Crippen LogP) is 6.05. The van der Waals surface area contributed by atoms with Gasteiger partial charge in [-0.3, -0.25) is 0 Å². The number of carbonyl (C=O) groups is 2. The molecule has 0 N–H and O–H groups in total. The van der Waals surface area contributed by atoms with Gasteiger partial charge in [0.25, 0.3) is 0 Å². The van der Waals surface area contributed by atoms with Crippen LogP contribution >= 0.6 is 0 Å². The molecule has 4 nitrogen and oxygen atoms in total. The second kappa shape index (κ2) is 21.5. The average Bonchev–Trinajstić information content (AvgIpc) is 2.78. The van der Waals surface area contributed by atoms with Crippen LogP contribution in [0, 0.1) is 0 Å². The van der Waals surface area contributed by atoms with Crippen molar-refractivity contribution in [3.05, 3.63) is 47.5 Å². The molecule has 1 rings (SSSR count). The van der Waals surface area contributed by atoms with E-state index in [1.54, 1.807) is 0 Å². The van der Waals surface area contributed by atoms with Gasteiger partial charge in [-0.2, -0.15) is 0 Å². The molecule has 0 saturated carbocycles. The standard InChI is InChI=1S/C27H42O4.Sn.2H/c1-3-5-7-9-11-16-20-30-26(28)23-25(22-24-18-14-13-15-19-24)27(29)31-21-17-12-10-8-6-4-2;;;/h13-15,18-19,23H,3-12,16-17,20-22H2,1-2H3;;;/b25-23-;;;. The summed E-state index contributed by atoms with van der Waals surface area (Å²) >= 11 is 0. The molecule has 1 aromatic rings. The predicted molar refractivity (Wildman–Crippen MR) is 135 cm³/mol. The number of carbonyl (C=O) groups excluding carboxylic acids is 2. The molecule has 0 spiro atoms. The first-order valence-corrected chi connectivity index (χ1v) is 12.3. The van der Waals surface area contributed by atoms with Gasteiger partial charge in [0, 0.05) is 18.1 Å². The molecule has 0 atom stereocenters. The first-order valence-electron chi connectivity index (χ1n) is 12.3. The molecule has 2 radical (unpaired) electrons. The minimum absolute atomic E-state index is 0. The topological polar surface area (TPSA) is 52.6 Å². The number of benzene rings is 1. The normalized spacial score (nSPS) is 11.0. The third-order valence-electron chi connectivity index (χ3n) is 5.26. The van der Waals surface area contributed by atoms with Crippen LogP contribution in [0.2, 0.25) is 0 Å². The van der Waals surface area contributed by atoms with E-state index >= 15 is 0 Å². The zero-order valence-electron chi connectivity index (χ0n) is 20.4. The molecule has 1 aromatic carbocycles. The van der Waals surface area contributed by atoms with Crippen molar-refractivity contribution < 1.29 is 19.1 Å². The van der Waals surface area contributed by atoms with Gasteiger partial charge >= 0.3 is 35.8 Å². The van der Waals surface area contributed by atoms with Crippen LogP contribution in [0.25, 0.3) is 0 Å². The van der Waals surface area contributed by atoms with Gasteiger partial charge in [0.15, 0.2) is 0 Å². The van der Waals surface area contributed by atoms with Crippen LogP contribution < -0.4 is 0 Å². The monoisotopic (exact) mass is 552 g/mol. The van der Waals surface area contributed by atoms with E-state index in [2.05, 4.69) is 13.8 Å². The quantitative estimate of drug-likeness (QED) is 0.0966. The number of ether oxygens (including phenoxy) is 2. The first-order chi connectivity index (χ1) is 15.2. The van der Waals surface area contributed by atoms with Gasteiger partial charge in [0.05, 0.1) is 13.2 Å². The molecule has 0 aliphatic rings. The van der Waals surface area contributed by atoms with Crippen molar-refractivity contribution in [1.29, 1.82) is 0 Å². The third kappa shape index (κ3) is 16.3. The van der Waals surface area contributed by atoms with Gasteiger partial charge in [-0.15, -0.1) is 0 Å². The maximum absolute atomic E-state index is 12.6. The molecule has 0 saturated heterocycles. The summed E-state index contributed by atoms with van der Waals surface area (Å²) in [4.78, 5) is 24.9. The maximum atomic E-state index is 12.6. The molecule has 0 amide bonds. The van der Waals surface area contributed by atoms with Crippen molar-refractivity contribution in [2.45, 2.75) is 97.3 Å². The van der Waals surface area contributed by atoms with Crippen molar-refractivity contribution in [1.82, 2.24) is 0 Å². The van der Waals surface area contributed by atoms with Gasteiger partial charge in [-0.25, -0.2) is 9.59 Å². The molecule has 0 aliphatic heterocycles. The van der Waals surface area contributed by atoms with E-state index in [9.17, 15) is 9.59 Å². The van der Waals surface area contributed by atoms with Crippen LogP contribution in [0.1, 0.15) is 96.5 Å². The van der Waals surface area contributed by atoms with Crippen LogP contribution in [0.3, 0.4) is 0 Å². The number of hydrogen-bond acceptors (Lipinski definition) is 4. The second-order valence-electron chi connectivity index (χ2n) is 8.17. The van der Waals surface area contributed by atoms with Crippen molar-refractivity contribution in [2.75, 3.05) is 13.2 Å². The summed E-state index contributed by atoms with van der Waals surface area (Å²) in [5, 5.41) is 0. The fourth-order valence-electron chi connectivity index (χ4n) is 3.38. The van der Waals surface area contributed by atoms with Gasteiger partial charge in [-0.1, -0.05) is 108 Å². The average molecular weight is 551 g/mol. The number of unbranched alkanes of at least 4 members (excludes halogenated alkanes) is 10. The number of esters is 2. The molecule has 32 heavy (non-hydrogen) atoms. The van der Waals surface area contributed by atoms with Crippen LogP contribution in [-0.2, 0) is 25.5 Å². The second-order valence-corrected chi connectivity index (χ2v) is 8.17. The molecule has 0 bridgehead atoms. The molecule has 0 heterocycles. The molecular formula is C27H44O4Sn. The minimum atomic E-state index is -0.462. The number of hydrogen-bond donors (Lipinski definition) is 0. The summed E-state index contributed by atoms with van der Waals surface area (Å²) in [6.45, 7) is 5.18. The summed E-state index contributed by atoms with van der Waals surface area (Å²) in [5.74, 6) is -0.884. The van der Waals surface area contributed by atoms with E-state index in [0.717, 1.165) is 31.2 Å². The van der Waals surface area contributed by atoms with Crippen LogP contribution in [0.5, 0.6) is 0 Å². The van der Waals surface area contributed by atoms with E-state index in [-0.39, 0.29) is 23.9 Å². The zero-order chi connectivity index (χ0) is 22.6. The first kappa shape index (κ1) is 30.7. The van der Waals surface area contributed by atoms with Crippen LogP contribution in [-0.4, -0.2) is 49.1 Å².